The minimum absolute atomic E-state index is 0.175. The molecule has 0 aliphatic heterocycles. The maximum atomic E-state index is 13.2. The van der Waals surface area contributed by atoms with Gasteiger partial charge in [0.1, 0.15) is 0 Å². The highest BCUT2D eigenvalue weighted by Gasteiger charge is 2.23. The molecule has 4 rings (SSSR count). The molecule has 0 unspecified atom stereocenters. The number of hydrogen-bond donors (Lipinski definition) is 1. The number of fused-ring (bicyclic) bond motifs is 1. The van der Waals surface area contributed by atoms with Crippen LogP contribution < -0.4 is 5.32 Å². The van der Waals surface area contributed by atoms with Gasteiger partial charge in [-0.1, -0.05) is 29.8 Å². The smallest absolute Gasteiger partial charge is 0.340 e. The van der Waals surface area contributed by atoms with E-state index in [0.717, 1.165) is 5.69 Å². The SMILES string of the molecule is CCOC(=O)c1cc(C(=O)c2ccccc2Cl)n2ccc(C(=O)NCc3ccccn3)cc12. The summed E-state index contributed by atoms with van der Waals surface area (Å²) in [6, 6.07) is 16.7. The Hall–Kier alpha value is -3.97. The number of nitrogens with one attached hydrogen (secondary N) is 1. The summed E-state index contributed by atoms with van der Waals surface area (Å²) in [5.41, 5.74) is 2.17. The van der Waals surface area contributed by atoms with E-state index < -0.39 is 5.97 Å². The molecule has 1 aromatic carbocycles. The fraction of sp³-hybridized carbons (Fsp3) is 0.120. The average Bonchev–Trinajstić information content (AvgIpc) is 3.22. The normalized spacial score (nSPS) is 10.7. The summed E-state index contributed by atoms with van der Waals surface area (Å²) in [4.78, 5) is 42.7. The van der Waals surface area contributed by atoms with E-state index in [1.807, 2.05) is 12.1 Å². The topological polar surface area (TPSA) is 89.8 Å². The highest BCUT2D eigenvalue weighted by atomic mass is 35.5. The lowest BCUT2D eigenvalue weighted by Gasteiger charge is -2.08. The quantitative estimate of drug-likeness (QED) is 0.327. The average molecular weight is 462 g/mol. The first-order valence-corrected chi connectivity index (χ1v) is 10.7. The van der Waals surface area contributed by atoms with Gasteiger partial charge in [0.15, 0.2) is 0 Å². The van der Waals surface area contributed by atoms with Gasteiger partial charge < -0.3 is 14.5 Å². The molecule has 1 amide bonds. The molecule has 3 heterocycles. The minimum atomic E-state index is -0.584. The molecule has 0 radical (unpaired) electrons. The number of esters is 1. The third kappa shape index (κ3) is 4.63. The second-order valence-electron chi connectivity index (χ2n) is 7.15. The molecule has 0 bridgehead atoms. The number of nitrogens with zero attached hydrogens (tertiary/aromatic N) is 2. The van der Waals surface area contributed by atoms with Crippen LogP contribution in [0.3, 0.4) is 0 Å². The van der Waals surface area contributed by atoms with Gasteiger partial charge >= 0.3 is 5.97 Å². The van der Waals surface area contributed by atoms with E-state index in [4.69, 9.17) is 16.3 Å². The number of pyridine rings is 2. The minimum Gasteiger partial charge on any atom is -0.462 e. The van der Waals surface area contributed by atoms with Gasteiger partial charge in [-0.2, -0.15) is 0 Å². The summed E-state index contributed by atoms with van der Waals surface area (Å²) >= 11 is 6.21. The second kappa shape index (κ2) is 9.67. The van der Waals surface area contributed by atoms with Crippen molar-refractivity contribution >= 4 is 34.8 Å². The van der Waals surface area contributed by atoms with Crippen LogP contribution in [0, 0.1) is 0 Å². The van der Waals surface area contributed by atoms with E-state index in [1.165, 1.54) is 6.07 Å². The van der Waals surface area contributed by atoms with Crippen LogP contribution >= 0.6 is 11.6 Å². The molecule has 166 valence electrons. The van der Waals surface area contributed by atoms with Crippen LogP contribution in [-0.2, 0) is 11.3 Å². The van der Waals surface area contributed by atoms with Crippen molar-refractivity contribution in [1.29, 1.82) is 0 Å². The molecule has 7 nitrogen and oxygen atoms in total. The lowest BCUT2D eigenvalue weighted by atomic mass is 10.1. The molecule has 0 saturated carbocycles. The molecular formula is C25H20ClN3O4. The Kier molecular flexibility index (Phi) is 6.51. The number of ketones is 1. The molecule has 0 atom stereocenters. The molecule has 4 aromatic rings. The Morgan fingerprint density at radius 1 is 1.03 bits per heavy atom. The number of benzene rings is 1. The highest BCUT2D eigenvalue weighted by molar-refractivity contribution is 6.35. The first kappa shape index (κ1) is 22.2. The Balaban J connectivity index is 1.72. The largest absolute Gasteiger partial charge is 0.462 e. The zero-order chi connectivity index (χ0) is 23.4. The van der Waals surface area contributed by atoms with Crippen LogP contribution in [0.5, 0.6) is 0 Å². The number of amides is 1. The second-order valence-corrected chi connectivity index (χ2v) is 7.55. The first-order chi connectivity index (χ1) is 16.0. The maximum Gasteiger partial charge on any atom is 0.340 e. The fourth-order valence-corrected chi connectivity index (χ4v) is 3.67. The van der Waals surface area contributed by atoms with E-state index in [1.54, 1.807) is 66.2 Å². The van der Waals surface area contributed by atoms with Gasteiger partial charge in [0.05, 0.1) is 40.6 Å². The van der Waals surface area contributed by atoms with E-state index in [9.17, 15) is 14.4 Å². The predicted octanol–water partition coefficient (Wildman–Crippen LogP) is 4.33. The van der Waals surface area contributed by atoms with Crippen molar-refractivity contribution in [2.45, 2.75) is 13.5 Å². The van der Waals surface area contributed by atoms with Crippen molar-refractivity contribution in [1.82, 2.24) is 14.7 Å². The molecule has 0 aliphatic rings. The van der Waals surface area contributed by atoms with Crippen LogP contribution in [0.4, 0.5) is 0 Å². The molecule has 0 fully saturated rings. The summed E-state index contributed by atoms with van der Waals surface area (Å²) in [6.07, 6.45) is 3.23. The molecule has 8 heteroatoms. The van der Waals surface area contributed by atoms with Gasteiger partial charge in [-0.3, -0.25) is 14.6 Å². The van der Waals surface area contributed by atoms with Crippen LogP contribution in [-0.4, -0.2) is 33.7 Å². The van der Waals surface area contributed by atoms with Crippen molar-refractivity contribution in [2.24, 2.45) is 0 Å². The summed E-state index contributed by atoms with van der Waals surface area (Å²) < 4.78 is 6.73. The Labute approximate surface area is 195 Å². The Bertz CT molecular complexity index is 1350. The van der Waals surface area contributed by atoms with Gasteiger partial charge in [0, 0.05) is 23.5 Å². The third-order valence-electron chi connectivity index (χ3n) is 5.04. The van der Waals surface area contributed by atoms with E-state index >= 15 is 0 Å². The van der Waals surface area contributed by atoms with Gasteiger partial charge in [-0.25, -0.2) is 4.79 Å². The van der Waals surface area contributed by atoms with E-state index in [2.05, 4.69) is 10.3 Å². The summed E-state index contributed by atoms with van der Waals surface area (Å²) in [6.45, 7) is 2.13. The Morgan fingerprint density at radius 2 is 1.82 bits per heavy atom. The summed E-state index contributed by atoms with van der Waals surface area (Å²) in [5.74, 6) is -1.27. The zero-order valence-electron chi connectivity index (χ0n) is 17.7. The number of rotatable bonds is 7. The maximum absolute atomic E-state index is 13.2. The molecular weight excluding hydrogens is 442 g/mol. The van der Waals surface area contributed by atoms with Crippen molar-refractivity contribution in [3.63, 3.8) is 0 Å². The fourth-order valence-electron chi connectivity index (χ4n) is 3.45. The van der Waals surface area contributed by atoms with E-state index in [0.29, 0.717) is 21.7 Å². The monoisotopic (exact) mass is 461 g/mol. The Morgan fingerprint density at radius 3 is 2.55 bits per heavy atom. The molecule has 33 heavy (non-hydrogen) atoms. The number of aromatic nitrogens is 2. The molecule has 0 aliphatic carbocycles. The van der Waals surface area contributed by atoms with Crippen molar-refractivity contribution < 1.29 is 19.1 Å². The van der Waals surface area contributed by atoms with Gasteiger partial charge in [0.25, 0.3) is 5.91 Å². The number of ether oxygens (including phenoxy) is 1. The van der Waals surface area contributed by atoms with Gasteiger partial charge in [-0.05, 0) is 49.4 Å². The standard InChI is InChI=1S/C25H20ClN3O4/c1-2-33-25(32)19-14-22(23(30)18-8-3-4-9-20(18)26)29-12-10-16(13-21(19)29)24(31)28-15-17-7-5-6-11-27-17/h3-14H,2,15H2,1H3,(H,28,31). The van der Waals surface area contributed by atoms with Gasteiger partial charge in [-0.15, -0.1) is 0 Å². The van der Waals surface area contributed by atoms with Crippen molar-refractivity contribution in [3.8, 4) is 0 Å². The number of carbonyl (C=O) groups is 3. The number of halogens is 1. The number of carbonyl (C=O) groups excluding carboxylic acids is 3. The molecule has 0 saturated heterocycles. The van der Waals surface area contributed by atoms with Gasteiger partial charge in [0.2, 0.25) is 5.78 Å². The lowest BCUT2D eigenvalue weighted by Crippen LogP contribution is -2.23. The van der Waals surface area contributed by atoms with Crippen LogP contribution in [0.15, 0.2) is 73.1 Å². The van der Waals surface area contributed by atoms with Crippen LogP contribution in [0.25, 0.3) is 5.52 Å². The van der Waals surface area contributed by atoms with Crippen LogP contribution in [0.1, 0.15) is 49.4 Å². The predicted molar refractivity (Wildman–Crippen MR) is 124 cm³/mol. The zero-order valence-corrected chi connectivity index (χ0v) is 18.5. The lowest BCUT2D eigenvalue weighted by molar-refractivity contribution is 0.0528. The third-order valence-corrected chi connectivity index (χ3v) is 5.37. The summed E-state index contributed by atoms with van der Waals surface area (Å²) in [7, 11) is 0. The summed E-state index contributed by atoms with van der Waals surface area (Å²) in [5, 5.41) is 3.11. The first-order valence-electron chi connectivity index (χ1n) is 10.3. The molecule has 0 spiro atoms. The number of hydrogen-bond acceptors (Lipinski definition) is 5. The van der Waals surface area contributed by atoms with Crippen molar-refractivity contribution in [2.75, 3.05) is 6.61 Å². The van der Waals surface area contributed by atoms with Crippen LogP contribution in [0.2, 0.25) is 5.02 Å². The molecule has 1 N–H and O–H groups in total. The highest BCUT2D eigenvalue weighted by Crippen LogP contribution is 2.25. The molecule has 3 aromatic heterocycles. The van der Waals surface area contributed by atoms with E-state index in [-0.39, 0.29) is 36.1 Å². The van der Waals surface area contributed by atoms with Crippen molar-refractivity contribution in [3.05, 3.63) is 106 Å².